The number of nitro groups is 1. The highest BCUT2D eigenvalue weighted by atomic mass is 35.5. The Labute approximate surface area is 215 Å². The highest BCUT2D eigenvalue weighted by Gasteiger charge is 2.15. The Morgan fingerprint density at radius 3 is 2.49 bits per heavy atom. The molecule has 0 radical (unpaired) electrons. The summed E-state index contributed by atoms with van der Waals surface area (Å²) in [5.74, 6) is 0.827. The smallest absolute Gasteiger partial charge is 0.287 e. The molecule has 0 aliphatic heterocycles. The lowest BCUT2D eigenvalue weighted by atomic mass is 10.1. The van der Waals surface area contributed by atoms with Crippen LogP contribution < -0.4 is 16.2 Å². The molecule has 4 rings (SSSR count). The van der Waals surface area contributed by atoms with Crippen LogP contribution in [0, 0.1) is 10.1 Å². The van der Waals surface area contributed by atoms with Gasteiger partial charge >= 0.3 is 0 Å². The van der Waals surface area contributed by atoms with E-state index in [4.69, 9.17) is 23.2 Å². The van der Waals surface area contributed by atoms with Gasteiger partial charge in [0.2, 0.25) is 5.95 Å². The first kappa shape index (κ1) is 25.9. The predicted octanol–water partition coefficient (Wildman–Crippen LogP) is 4.85. The van der Waals surface area contributed by atoms with Crippen molar-refractivity contribution in [3.63, 3.8) is 0 Å². The number of rotatable bonds is 8. The summed E-state index contributed by atoms with van der Waals surface area (Å²) in [5.41, 5.74) is 1.20. The molecule has 0 atom stereocenters. The summed E-state index contributed by atoms with van der Waals surface area (Å²) in [7, 11) is 0. The van der Waals surface area contributed by atoms with Gasteiger partial charge < -0.3 is 10.6 Å². The van der Waals surface area contributed by atoms with Crippen molar-refractivity contribution in [2.24, 2.45) is 0 Å². The fourth-order valence-electron chi connectivity index (χ4n) is 3.11. The van der Waals surface area contributed by atoms with Crippen molar-refractivity contribution in [2.75, 3.05) is 23.7 Å². The normalized spacial score (nSPS) is 10.3. The van der Waals surface area contributed by atoms with Gasteiger partial charge in [0, 0.05) is 42.0 Å². The van der Waals surface area contributed by atoms with E-state index in [9.17, 15) is 14.9 Å². The lowest BCUT2D eigenvalue weighted by Gasteiger charge is -2.14. The van der Waals surface area contributed by atoms with E-state index >= 15 is 0 Å². The van der Waals surface area contributed by atoms with Crippen LogP contribution in [0.3, 0.4) is 0 Å². The lowest BCUT2D eigenvalue weighted by molar-refractivity contribution is -0.385. The fourth-order valence-corrected chi connectivity index (χ4v) is 3.60. The predicted molar refractivity (Wildman–Crippen MR) is 138 cm³/mol. The van der Waals surface area contributed by atoms with Gasteiger partial charge in [0.05, 0.1) is 21.8 Å². The summed E-state index contributed by atoms with van der Waals surface area (Å²) in [6.45, 7) is 0.877. The van der Waals surface area contributed by atoms with Gasteiger partial charge in [-0.1, -0.05) is 29.3 Å². The number of benzene rings is 1. The standard InChI is InChI=1S/C22H17Cl2N7O3.ClH/c23-14-4-6-16(17(24)11-14)21-18(30-10-2-1-3-20(30)32)13-28-22(29-21)26-9-8-25-19-7-5-15(12-27-19)31(33)34;/h1-7,10-13H,8-9H2,(H,25,27)(H,26,28,29);1H. The Morgan fingerprint density at radius 1 is 1.00 bits per heavy atom. The van der Waals surface area contributed by atoms with Gasteiger partial charge in [-0.05, 0) is 30.3 Å². The number of pyridine rings is 2. The number of nitrogens with zero attached hydrogens (tertiary/aromatic N) is 5. The molecule has 0 aliphatic rings. The molecule has 0 bridgehead atoms. The van der Waals surface area contributed by atoms with E-state index in [0.717, 1.165) is 0 Å². The molecule has 0 amide bonds. The SMILES string of the molecule is Cl.O=c1ccccn1-c1cnc(NCCNc2ccc([N+](=O)[O-])cn2)nc1-c1ccc(Cl)cc1Cl. The zero-order chi connectivity index (χ0) is 24.1. The monoisotopic (exact) mass is 533 g/mol. The molecule has 0 saturated carbocycles. The van der Waals surface area contributed by atoms with Crippen molar-refractivity contribution in [3.8, 4) is 16.9 Å². The van der Waals surface area contributed by atoms with Crippen LogP contribution in [0.1, 0.15) is 0 Å². The fraction of sp³-hybridized carbons (Fsp3) is 0.0909. The van der Waals surface area contributed by atoms with Crippen LogP contribution in [0.2, 0.25) is 10.0 Å². The quantitative estimate of drug-likeness (QED) is 0.186. The summed E-state index contributed by atoms with van der Waals surface area (Å²) in [5, 5.41) is 17.7. The minimum Gasteiger partial charge on any atom is -0.368 e. The second-order valence-electron chi connectivity index (χ2n) is 6.97. The molecule has 2 N–H and O–H groups in total. The Morgan fingerprint density at radius 2 is 1.80 bits per heavy atom. The average Bonchev–Trinajstić information content (AvgIpc) is 2.83. The first-order valence-electron chi connectivity index (χ1n) is 10.0. The molecule has 0 fully saturated rings. The number of anilines is 2. The molecule has 0 unspecified atom stereocenters. The summed E-state index contributed by atoms with van der Waals surface area (Å²) in [6.07, 6.45) is 4.36. The maximum atomic E-state index is 12.4. The van der Waals surface area contributed by atoms with Gasteiger partial charge in [0.1, 0.15) is 17.7 Å². The molecule has 180 valence electrons. The van der Waals surface area contributed by atoms with Crippen LogP contribution in [0.15, 0.2) is 71.9 Å². The number of halogens is 3. The zero-order valence-electron chi connectivity index (χ0n) is 17.9. The molecule has 13 heteroatoms. The van der Waals surface area contributed by atoms with Crippen molar-refractivity contribution >= 4 is 53.1 Å². The van der Waals surface area contributed by atoms with E-state index in [-0.39, 0.29) is 23.7 Å². The molecule has 0 saturated heterocycles. The van der Waals surface area contributed by atoms with Gasteiger partial charge in [-0.2, -0.15) is 0 Å². The number of hydrogen-bond donors (Lipinski definition) is 2. The number of aromatic nitrogens is 4. The molecule has 10 nitrogen and oxygen atoms in total. The number of hydrogen-bond acceptors (Lipinski definition) is 8. The van der Waals surface area contributed by atoms with E-state index in [1.54, 1.807) is 42.7 Å². The van der Waals surface area contributed by atoms with Crippen molar-refractivity contribution in [1.29, 1.82) is 0 Å². The first-order valence-corrected chi connectivity index (χ1v) is 10.8. The molecule has 3 aromatic heterocycles. The van der Waals surface area contributed by atoms with Crippen LogP contribution in [0.5, 0.6) is 0 Å². The van der Waals surface area contributed by atoms with Gasteiger partial charge in [0.25, 0.3) is 11.2 Å². The van der Waals surface area contributed by atoms with Crippen molar-refractivity contribution < 1.29 is 4.92 Å². The van der Waals surface area contributed by atoms with Crippen LogP contribution in [0.25, 0.3) is 16.9 Å². The second-order valence-corrected chi connectivity index (χ2v) is 7.82. The van der Waals surface area contributed by atoms with Crippen LogP contribution >= 0.6 is 35.6 Å². The zero-order valence-corrected chi connectivity index (χ0v) is 20.2. The Balaban J connectivity index is 0.00000342. The van der Waals surface area contributed by atoms with Crippen LogP contribution in [-0.2, 0) is 0 Å². The molecule has 0 aliphatic carbocycles. The van der Waals surface area contributed by atoms with Gasteiger partial charge in [-0.15, -0.1) is 12.4 Å². The topological polar surface area (TPSA) is 128 Å². The average molecular weight is 535 g/mol. The molecule has 4 aromatic rings. The Hall–Kier alpha value is -3.73. The molecule has 1 aromatic carbocycles. The summed E-state index contributed by atoms with van der Waals surface area (Å²) >= 11 is 12.5. The third-order valence-electron chi connectivity index (χ3n) is 4.71. The highest BCUT2D eigenvalue weighted by molar-refractivity contribution is 6.36. The maximum absolute atomic E-state index is 12.4. The van der Waals surface area contributed by atoms with Crippen LogP contribution in [0.4, 0.5) is 17.5 Å². The molecule has 35 heavy (non-hydrogen) atoms. The highest BCUT2D eigenvalue weighted by Crippen LogP contribution is 2.32. The number of nitrogens with one attached hydrogen (secondary N) is 2. The molecular weight excluding hydrogens is 517 g/mol. The van der Waals surface area contributed by atoms with E-state index in [1.165, 1.54) is 29.0 Å². The minimum absolute atomic E-state index is 0. The molecule has 3 heterocycles. The molecular formula is C22H18Cl3N7O3. The maximum Gasteiger partial charge on any atom is 0.287 e. The van der Waals surface area contributed by atoms with E-state index in [1.807, 2.05) is 0 Å². The van der Waals surface area contributed by atoms with Gasteiger partial charge in [0.15, 0.2) is 0 Å². The first-order chi connectivity index (χ1) is 16.4. The van der Waals surface area contributed by atoms with E-state index in [2.05, 4.69) is 25.6 Å². The Kier molecular flexibility index (Phi) is 8.58. The van der Waals surface area contributed by atoms with E-state index < -0.39 is 4.92 Å². The third-order valence-corrected chi connectivity index (χ3v) is 5.26. The summed E-state index contributed by atoms with van der Waals surface area (Å²) < 4.78 is 1.44. The van der Waals surface area contributed by atoms with Gasteiger partial charge in [-0.3, -0.25) is 19.5 Å². The third kappa shape index (κ3) is 6.24. The van der Waals surface area contributed by atoms with Crippen molar-refractivity contribution in [2.45, 2.75) is 0 Å². The lowest BCUT2D eigenvalue weighted by Crippen LogP contribution is -2.19. The van der Waals surface area contributed by atoms with E-state index in [0.29, 0.717) is 51.8 Å². The van der Waals surface area contributed by atoms with Crippen LogP contribution in [-0.4, -0.2) is 37.5 Å². The van der Waals surface area contributed by atoms with Crippen molar-refractivity contribution in [3.05, 3.63) is 97.6 Å². The van der Waals surface area contributed by atoms with Crippen molar-refractivity contribution in [1.82, 2.24) is 19.5 Å². The Bertz CT molecular complexity index is 1400. The van der Waals surface area contributed by atoms with Gasteiger partial charge in [-0.25, -0.2) is 15.0 Å². The second kappa shape index (κ2) is 11.6. The summed E-state index contributed by atoms with van der Waals surface area (Å²) in [4.78, 5) is 35.6. The molecule has 0 spiro atoms. The largest absolute Gasteiger partial charge is 0.368 e. The summed E-state index contributed by atoms with van der Waals surface area (Å²) in [6, 6.07) is 12.8. The minimum atomic E-state index is -0.507.